The fourth-order valence-electron chi connectivity index (χ4n) is 5.30. The maximum atomic E-state index is 13.5. The molecule has 9 heteroatoms. The van der Waals surface area contributed by atoms with Gasteiger partial charge in [-0.05, 0) is 50.7 Å². The van der Waals surface area contributed by atoms with E-state index in [0.29, 0.717) is 43.7 Å². The second-order valence-electron chi connectivity index (χ2n) is 10.3. The number of nitrogens with one attached hydrogen (secondary N) is 2. The fraction of sp³-hybridized carbons (Fsp3) is 0.692. The Morgan fingerprint density at radius 3 is 2.06 bits per heavy atom. The summed E-state index contributed by atoms with van der Waals surface area (Å²) in [6, 6.07) is 3.02. The molecule has 2 N–H and O–H groups in total. The average molecular weight is 507 g/mol. The van der Waals surface area contributed by atoms with Gasteiger partial charge in [0.25, 0.3) is 0 Å². The van der Waals surface area contributed by atoms with Crippen molar-refractivity contribution in [2.75, 3.05) is 26.2 Å². The van der Waals surface area contributed by atoms with E-state index in [0.717, 1.165) is 31.2 Å². The van der Waals surface area contributed by atoms with E-state index in [2.05, 4.69) is 10.0 Å². The maximum Gasteiger partial charge on any atom is 0.317 e. The minimum Gasteiger partial charge on any atom is -0.338 e. The number of hydrogen-bond acceptors (Lipinski definition) is 4. The lowest BCUT2D eigenvalue weighted by molar-refractivity contribution is -0.135. The highest BCUT2D eigenvalue weighted by molar-refractivity contribution is 7.89. The molecule has 1 aromatic rings. The highest BCUT2D eigenvalue weighted by atomic mass is 32.2. The summed E-state index contributed by atoms with van der Waals surface area (Å²) in [5.74, 6) is -0.395. The molecule has 3 rings (SSSR count). The normalized spacial score (nSPS) is 19.3. The Hall–Kier alpha value is -2.13. The lowest BCUT2D eigenvalue weighted by Gasteiger charge is -2.38. The summed E-state index contributed by atoms with van der Waals surface area (Å²) in [6.07, 6.45) is 6.26. The first-order valence-corrected chi connectivity index (χ1v) is 14.5. The molecule has 0 spiro atoms. The largest absolute Gasteiger partial charge is 0.338 e. The molecule has 35 heavy (non-hydrogen) atoms. The van der Waals surface area contributed by atoms with Gasteiger partial charge in [0.15, 0.2) is 0 Å². The van der Waals surface area contributed by atoms with Crippen molar-refractivity contribution >= 4 is 22.0 Å². The van der Waals surface area contributed by atoms with Crippen LogP contribution in [0.4, 0.5) is 4.79 Å². The standard InChI is InChI=1S/C26H42N4O4S/c1-6-19(3)23(28-35(33,34)24-20(4)16-18(2)17-21(24)5)25(31)29-12-14-30(15-13-29)26(32)27-22-10-8-7-9-11-22/h16-17,19,22-23,28H,6-15H2,1-5H3,(H,27,32). The van der Waals surface area contributed by atoms with Crippen LogP contribution in [0.1, 0.15) is 69.1 Å². The number of sulfonamides is 1. The van der Waals surface area contributed by atoms with E-state index < -0.39 is 16.1 Å². The summed E-state index contributed by atoms with van der Waals surface area (Å²) in [6.45, 7) is 11.0. The van der Waals surface area contributed by atoms with Gasteiger partial charge in [0, 0.05) is 32.2 Å². The molecule has 0 aromatic heterocycles. The van der Waals surface area contributed by atoms with E-state index in [-0.39, 0.29) is 28.8 Å². The highest BCUT2D eigenvalue weighted by Gasteiger charge is 2.35. The van der Waals surface area contributed by atoms with Crippen molar-refractivity contribution in [3.63, 3.8) is 0 Å². The zero-order valence-electron chi connectivity index (χ0n) is 21.9. The third kappa shape index (κ3) is 6.76. The summed E-state index contributed by atoms with van der Waals surface area (Å²) in [7, 11) is -3.89. The topological polar surface area (TPSA) is 98.8 Å². The van der Waals surface area contributed by atoms with Gasteiger partial charge in [0.05, 0.1) is 4.90 Å². The minimum absolute atomic E-state index is 0.0616. The van der Waals surface area contributed by atoms with Crippen molar-refractivity contribution in [2.45, 2.75) is 90.1 Å². The molecule has 8 nitrogen and oxygen atoms in total. The SMILES string of the molecule is CCC(C)C(NS(=O)(=O)c1c(C)cc(C)cc1C)C(=O)N1CCN(C(=O)NC2CCCCC2)CC1. The van der Waals surface area contributed by atoms with Gasteiger partial charge >= 0.3 is 6.03 Å². The number of rotatable bonds is 7. The number of piperazine rings is 1. The fourth-order valence-corrected chi connectivity index (χ4v) is 7.05. The second-order valence-corrected chi connectivity index (χ2v) is 12.0. The molecular weight excluding hydrogens is 464 g/mol. The van der Waals surface area contributed by atoms with Crippen LogP contribution in [-0.4, -0.2) is 68.4 Å². The number of nitrogens with zero attached hydrogens (tertiary/aromatic N) is 2. The summed E-state index contributed by atoms with van der Waals surface area (Å²) >= 11 is 0. The van der Waals surface area contributed by atoms with E-state index >= 15 is 0 Å². The molecule has 1 saturated carbocycles. The molecular formula is C26H42N4O4S. The Morgan fingerprint density at radius 1 is 0.971 bits per heavy atom. The molecule has 196 valence electrons. The molecule has 1 aliphatic carbocycles. The quantitative estimate of drug-likeness (QED) is 0.591. The molecule has 2 aliphatic rings. The van der Waals surface area contributed by atoms with E-state index in [1.807, 2.05) is 32.9 Å². The van der Waals surface area contributed by atoms with E-state index in [4.69, 9.17) is 0 Å². The summed E-state index contributed by atoms with van der Waals surface area (Å²) < 4.78 is 29.5. The third-order valence-electron chi connectivity index (χ3n) is 7.45. The molecule has 1 saturated heterocycles. The van der Waals surface area contributed by atoms with Crippen LogP contribution in [0.5, 0.6) is 0 Å². The lowest BCUT2D eigenvalue weighted by atomic mass is 9.96. The molecule has 2 unspecified atom stereocenters. The van der Waals surface area contributed by atoms with Crippen LogP contribution in [0.15, 0.2) is 17.0 Å². The zero-order chi connectivity index (χ0) is 25.8. The first-order valence-electron chi connectivity index (χ1n) is 13.0. The molecule has 2 fully saturated rings. The van der Waals surface area contributed by atoms with E-state index in [9.17, 15) is 18.0 Å². The third-order valence-corrected chi connectivity index (χ3v) is 9.19. The van der Waals surface area contributed by atoms with Gasteiger partial charge in [-0.3, -0.25) is 4.79 Å². The molecule has 3 amide bonds. The Morgan fingerprint density at radius 2 is 1.51 bits per heavy atom. The van der Waals surface area contributed by atoms with Crippen molar-refractivity contribution in [1.29, 1.82) is 0 Å². The number of urea groups is 1. The molecule has 0 radical (unpaired) electrons. The summed E-state index contributed by atoms with van der Waals surface area (Å²) in [5.41, 5.74) is 2.34. The zero-order valence-corrected chi connectivity index (χ0v) is 22.7. The molecule has 0 bridgehead atoms. The highest BCUT2D eigenvalue weighted by Crippen LogP contribution is 2.24. The van der Waals surface area contributed by atoms with Crippen molar-refractivity contribution in [2.24, 2.45) is 5.92 Å². The van der Waals surface area contributed by atoms with E-state index in [1.165, 1.54) is 6.42 Å². The van der Waals surface area contributed by atoms with Crippen LogP contribution in [0, 0.1) is 26.7 Å². The van der Waals surface area contributed by atoms with Crippen LogP contribution in [0.2, 0.25) is 0 Å². The predicted molar refractivity (Wildman–Crippen MR) is 138 cm³/mol. The number of hydrogen-bond donors (Lipinski definition) is 2. The van der Waals surface area contributed by atoms with Gasteiger partial charge in [-0.15, -0.1) is 0 Å². The van der Waals surface area contributed by atoms with Gasteiger partial charge in [-0.2, -0.15) is 4.72 Å². The summed E-state index contributed by atoms with van der Waals surface area (Å²) in [4.78, 5) is 29.9. The van der Waals surface area contributed by atoms with Crippen molar-refractivity contribution in [1.82, 2.24) is 19.8 Å². The first kappa shape index (κ1) is 27.5. The predicted octanol–water partition coefficient (Wildman–Crippen LogP) is 3.49. The van der Waals surface area contributed by atoms with Crippen molar-refractivity contribution in [3.8, 4) is 0 Å². The van der Waals surface area contributed by atoms with Crippen LogP contribution >= 0.6 is 0 Å². The first-order chi connectivity index (χ1) is 16.5. The van der Waals surface area contributed by atoms with Gasteiger partial charge in [-0.25, -0.2) is 13.2 Å². The number of carbonyl (C=O) groups excluding carboxylic acids is 2. The Balaban J connectivity index is 1.67. The summed E-state index contributed by atoms with van der Waals surface area (Å²) in [5, 5.41) is 3.14. The molecule has 1 aliphatic heterocycles. The van der Waals surface area contributed by atoms with Crippen LogP contribution in [0.25, 0.3) is 0 Å². The Kier molecular flexibility index (Phi) is 9.21. The van der Waals surface area contributed by atoms with Crippen molar-refractivity contribution < 1.29 is 18.0 Å². The number of amides is 3. The van der Waals surface area contributed by atoms with Gasteiger partial charge in [0.2, 0.25) is 15.9 Å². The van der Waals surface area contributed by atoms with Crippen molar-refractivity contribution in [3.05, 3.63) is 28.8 Å². The molecule has 2 atom stereocenters. The van der Waals surface area contributed by atoms with Gasteiger partial charge < -0.3 is 15.1 Å². The molecule has 1 aromatic carbocycles. The Labute approximate surface area is 210 Å². The maximum absolute atomic E-state index is 13.5. The van der Waals surface area contributed by atoms with E-state index in [1.54, 1.807) is 23.6 Å². The number of benzene rings is 1. The minimum atomic E-state index is -3.89. The van der Waals surface area contributed by atoms with Crippen LogP contribution in [-0.2, 0) is 14.8 Å². The molecule has 1 heterocycles. The number of aryl methyl sites for hydroxylation is 3. The van der Waals surface area contributed by atoms with Crippen LogP contribution in [0.3, 0.4) is 0 Å². The second kappa shape index (κ2) is 11.7. The van der Waals surface area contributed by atoms with Gasteiger partial charge in [-0.1, -0.05) is 57.2 Å². The number of carbonyl (C=O) groups is 2. The Bertz CT molecular complexity index is 989. The average Bonchev–Trinajstić information content (AvgIpc) is 2.81. The lowest BCUT2D eigenvalue weighted by Crippen LogP contribution is -2.59. The monoisotopic (exact) mass is 506 g/mol. The van der Waals surface area contributed by atoms with Crippen LogP contribution < -0.4 is 10.0 Å². The smallest absolute Gasteiger partial charge is 0.317 e. The van der Waals surface area contributed by atoms with Gasteiger partial charge in [0.1, 0.15) is 6.04 Å².